The molecule has 8 heteroatoms. The molecule has 1 unspecified atom stereocenters. The summed E-state index contributed by atoms with van der Waals surface area (Å²) < 4.78 is 0. The van der Waals surface area contributed by atoms with Crippen LogP contribution in [0.2, 0.25) is 0 Å². The number of nitrogens with zero attached hydrogens (tertiary/aromatic N) is 3. The standard InChI is InChI=1S/C25H32N4O4/c1-18(30)19-2-6-22(7-3-19)28-12-14-29(15-13-28)24(32)17-27-11-10-20(16-27)25(33)26-21-4-8-23(31)9-5-21/h2-9,18,20,30-31H,10-17H2,1H3,(H,26,33)/t18?,20-/m1/s1. The molecule has 2 saturated heterocycles. The van der Waals surface area contributed by atoms with Gasteiger partial charge in [0, 0.05) is 44.1 Å². The van der Waals surface area contributed by atoms with Crippen molar-refractivity contribution >= 4 is 23.2 Å². The zero-order valence-corrected chi connectivity index (χ0v) is 19.0. The Hall–Kier alpha value is -3.10. The molecule has 2 atom stereocenters. The minimum Gasteiger partial charge on any atom is -0.508 e. The van der Waals surface area contributed by atoms with E-state index in [1.54, 1.807) is 31.2 Å². The third-order valence-corrected chi connectivity index (χ3v) is 6.51. The van der Waals surface area contributed by atoms with E-state index in [1.165, 1.54) is 0 Å². The molecule has 2 aliphatic rings. The number of nitrogens with one attached hydrogen (secondary N) is 1. The quantitative estimate of drug-likeness (QED) is 0.581. The number of carbonyl (C=O) groups excluding carboxylic acids is 2. The van der Waals surface area contributed by atoms with Crippen molar-refractivity contribution < 1.29 is 19.8 Å². The van der Waals surface area contributed by atoms with E-state index >= 15 is 0 Å². The lowest BCUT2D eigenvalue weighted by atomic mass is 10.1. The molecule has 0 aromatic heterocycles. The fourth-order valence-corrected chi connectivity index (χ4v) is 4.45. The van der Waals surface area contributed by atoms with Crippen molar-refractivity contribution in [1.82, 2.24) is 9.80 Å². The zero-order chi connectivity index (χ0) is 23.4. The molecule has 0 aliphatic carbocycles. The summed E-state index contributed by atoms with van der Waals surface area (Å²) in [7, 11) is 0. The fourth-order valence-electron chi connectivity index (χ4n) is 4.45. The fraction of sp³-hybridized carbons (Fsp3) is 0.440. The second-order valence-corrected chi connectivity index (χ2v) is 8.89. The molecule has 176 valence electrons. The van der Waals surface area contributed by atoms with E-state index in [2.05, 4.69) is 15.1 Å². The van der Waals surface area contributed by atoms with Gasteiger partial charge in [-0.25, -0.2) is 0 Å². The van der Waals surface area contributed by atoms with Gasteiger partial charge in [-0.3, -0.25) is 14.5 Å². The number of benzene rings is 2. The lowest BCUT2D eigenvalue weighted by Gasteiger charge is -2.36. The number of rotatable bonds is 6. The van der Waals surface area contributed by atoms with Crippen LogP contribution in [0.5, 0.6) is 5.75 Å². The normalized spacial score (nSPS) is 20.0. The van der Waals surface area contributed by atoms with Gasteiger partial charge < -0.3 is 25.3 Å². The van der Waals surface area contributed by atoms with Crippen molar-refractivity contribution in [2.45, 2.75) is 19.4 Å². The molecule has 0 saturated carbocycles. The molecule has 2 amide bonds. The SMILES string of the molecule is CC(O)c1ccc(N2CCN(C(=O)CN3CC[C@@H](C(=O)Nc4ccc(O)cc4)C3)CC2)cc1. The number of piperazine rings is 1. The Morgan fingerprint density at radius 3 is 2.30 bits per heavy atom. The largest absolute Gasteiger partial charge is 0.508 e. The minimum atomic E-state index is -0.474. The number of aromatic hydroxyl groups is 1. The van der Waals surface area contributed by atoms with Gasteiger partial charge in [0.25, 0.3) is 0 Å². The summed E-state index contributed by atoms with van der Waals surface area (Å²) in [5, 5.41) is 21.9. The first-order valence-electron chi connectivity index (χ1n) is 11.5. The summed E-state index contributed by atoms with van der Waals surface area (Å²) in [6.45, 7) is 6.30. The summed E-state index contributed by atoms with van der Waals surface area (Å²) in [5.41, 5.74) is 2.66. The number of likely N-dealkylation sites (tertiary alicyclic amines) is 1. The summed E-state index contributed by atoms with van der Waals surface area (Å²) in [6.07, 6.45) is 0.255. The molecule has 2 aliphatic heterocycles. The number of carbonyl (C=O) groups is 2. The first-order valence-corrected chi connectivity index (χ1v) is 11.5. The van der Waals surface area contributed by atoms with Crippen LogP contribution in [0, 0.1) is 5.92 Å². The molecular formula is C25H32N4O4. The van der Waals surface area contributed by atoms with Crippen LogP contribution < -0.4 is 10.2 Å². The smallest absolute Gasteiger partial charge is 0.236 e. The van der Waals surface area contributed by atoms with Crippen LogP contribution in [0.3, 0.4) is 0 Å². The monoisotopic (exact) mass is 452 g/mol. The summed E-state index contributed by atoms with van der Waals surface area (Å²) >= 11 is 0. The van der Waals surface area contributed by atoms with Crippen LogP contribution in [0.15, 0.2) is 48.5 Å². The average molecular weight is 453 g/mol. The molecule has 33 heavy (non-hydrogen) atoms. The number of phenolic OH excluding ortho intramolecular Hbond substituents is 1. The maximum Gasteiger partial charge on any atom is 0.236 e. The Morgan fingerprint density at radius 2 is 1.67 bits per heavy atom. The van der Waals surface area contributed by atoms with Crippen molar-refractivity contribution in [3.8, 4) is 5.75 Å². The van der Waals surface area contributed by atoms with Crippen molar-refractivity contribution in [2.75, 3.05) is 56.0 Å². The maximum absolute atomic E-state index is 12.8. The Balaban J connectivity index is 1.21. The van der Waals surface area contributed by atoms with Crippen LogP contribution in [-0.4, -0.2) is 77.6 Å². The number of aliphatic hydroxyl groups is 1. The van der Waals surface area contributed by atoms with E-state index in [1.807, 2.05) is 29.2 Å². The van der Waals surface area contributed by atoms with Crippen LogP contribution in [0.4, 0.5) is 11.4 Å². The Morgan fingerprint density at radius 1 is 1.00 bits per heavy atom. The first kappa shape index (κ1) is 23.1. The van der Waals surface area contributed by atoms with Gasteiger partial charge in [0.15, 0.2) is 0 Å². The van der Waals surface area contributed by atoms with Gasteiger partial charge in [0.1, 0.15) is 5.75 Å². The maximum atomic E-state index is 12.8. The summed E-state index contributed by atoms with van der Waals surface area (Å²) in [5.74, 6) is 0.0752. The number of hydrogen-bond acceptors (Lipinski definition) is 6. The van der Waals surface area contributed by atoms with Gasteiger partial charge >= 0.3 is 0 Å². The zero-order valence-electron chi connectivity index (χ0n) is 19.0. The van der Waals surface area contributed by atoms with Crippen LogP contribution in [-0.2, 0) is 9.59 Å². The number of anilines is 2. The number of aliphatic hydroxyl groups excluding tert-OH is 1. The molecule has 3 N–H and O–H groups in total. The Labute approximate surface area is 194 Å². The van der Waals surface area contributed by atoms with Crippen LogP contribution >= 0.6 is 0 Å². The van der Waals surface area contributed by atoms with Gasteiger partial charge in [-0.15, -0.1) is 0 Å². The Bertz CT molecular complexity index is 953. The predicted molar refractivity (Wildman–Crippen MR) is 127 cm³/mol. The second kappa shape index (κ2) is 10.2. The molecule has 0 radical (unpaired) electrons. The third-order valence-electron chi connectivity index (χ3n) is 6.51. The van der Waals surface area contributed by atoms with Crippen LogP contribution in [0.25, 0.3) is 0 Å². The summed E-state index contributed by atoms with van der Waals surface area (Å²) in [4.78, 5) is 31.6. The molecule has 8 nitrogen and oxygen atoms in total. The summed E-state index contributed by atoms with van der Waals surface area (Å²) in [6, 6.07) is 14.4. The van der Waals surface area contributed by atoms with E-state index in [9.17, 15) is 19.8 Å². The Kier molecular flexibility index (Phi) is 7.15. The molecule has 2 aromatic rings. The number of amides is 2. The average Bonchev–Trinajstić information content (AvgIpc) is 3.29. The number of hydrogen-bond donors (Lipinski definition) is 3. The highest BCUT2D eigenvalue weighted by Gasteiger charge is 2.31. The molecule has 0 spiro atoms. The molecule has 2 heterocycles. The third kappa shape index (κ3) is 5.83. The van der Waals surface area contributed by atoms with E-state index in [-0.39, 0.29) is 23.5 Å². The second-order valence-electron chi connectivity index (χ2n) is 8.89. The topological polar surface area (TPSA) is 96.4 Å². The van der Waals surface area contributed by atoms with Crippen molar-refractivity contribution in [3.63, 3.8) is 0 Å². The molecule has 4 rings (SSSR count). The van der Waals surface area contributed by atoms with E-state index in [0.29, 0.717) is 31.9 Å². The predicted octanol–water partition coefficient (Wildman–Crippen LogP) is 2.05. The molecular weight excluding hydrogens is 420 g/mol. The molecule has 2 fully saturated rings. The van der Waals surface area contributed by atoms with E-state index in [4.69, 9.17) is 0 Å². The minimum absolute atomic E-state index is 0.0501. The highest BCUT2D eigenvalue weighted by atomic mass is 16.3. The van der Waals surface area contributed by atoms with Crippen LogP contribution in [0.1, 0.15) is 25.0 Å². The van der Waals surface area contributed by atoms with Crippen molar-refractivity contribution in [1.29, 1.82) is 0 Å². The molecule has 2 aromatic carbocycles. The van der Waals surface area contributed by atoms with E-state index < -0.39 is 6.10 Å². The van der Waals surface area contributed by atoms with Crippen molar-refractivity contribution in [3.05, 3.63) is 54.1 Å². The van der Waals surface area contributed by atoms with Crippen molar-refractivity contribution in [2.24, 2.45) is 5.92 Å². The highest BCUT2D eigenvalue weighted by Crippen LogP contribution is 2.22. The van der Waals surface area contributed by atoms with Gasteiger partial charge in [0.05, 0.1) is 18.6 Å². The number of phenols is 1. The molecule has 0 bridgehead atoms. The van der Waals surface area contributed by atoms with E-state index in [0.717, 1.165) is 37.3 Å². The highest BCUT2D eigenvalue weighted by molar-refractivity contribution is 5.93. The van der Waals surface area contributed by atoms with Gasteiger partial charge in [-0.05, 0) is 61.9 Å². The van der Waals surface area contributed by atoms with Gasteiger partial charge in [0.2, 0.25) is 11.8 Å². The van der Waals surface area contributed by atoms with Gasteiger partial charge in [-0.2, -0.15) is 0 Å². The lowest BCUT2D eigenvalue weighted by Crippen LogP contribution is -2.51. The lowest BCUT2D eigenvalue weighted by molar-refractivity contribution is -0.132. The first-order chi connectivity index (χ1) is 15.9. The van der Waals surface area contributed by atoms with Gasteiger partial charge in [-0.1, -0.05) is 12.1 Å².